The van der Waals surface area contributed by atoms with E-state index in [0.717, 1.165) is 36.5 Å². The van der Waals surface area contributed by atoms with Gasteiger partial charge >= 0.3 is 0 Å². The van der Waals surface area contributed by atoms with Gasteiger partial charge in [0, 0.05) is 25.7 Å². The van der Waals surface area contributed by atoms with Crippen molar-refractivity contribution in [2.24, 2.45) is 11.8 Å². The van der Waals surface area contributed by atoms with Crippen LogP contribution in [0.4, 0.5) is 5.69 Å². The van der Waals surface area contributed by atoms with Gasteiger partial charge in [0.1, 0.15) is 0 Å². The fraction of sp³-hybridized carbons (Fsp3) is 0.667. The van der Waals surface area contributed by atoms with E-state index in [0.29, 0.717) is 6.04 Å². The zero-order chi connectivity index (χ0) is 15.4. The van der Waals surface area contributed by atoms with Gasteiger partial charge in [-0.2, -0.15) is 0 Å². The Kier molecular flexibility index (Phi) is 5.95. The SMILES string of the molecule is CC(C)NCc1ccc(N2CCC(C(C)C)CC2)c(Cl)c1. The van der Waals surface area contributed by atoms with Crippen LogP contribution in [0.1, 0.15) is 46.1 Å². The van der Waals surface area contributed by atoms with Crippen molar-refractivity contribution in [2.45, 2.75) is 53.1 Å². The summed E-state index contributed by atoms with van der Waals surface area (Å²) in [4.78, 5) is 2.45. The van der Waals surface area contributed by atoms with Crippen molar-refractivity contribution in [3.8, 4) is 0 Å². The molecule has 0 atom stereocenters. The molecular formula is C18H29ClN2. The van der Waals surface area contributed by atoms with Crippen LogP contribution < -0.4 is 10.2 Å². The van der Waals surface area contributed by atoms with E-state index >= 15 is 0 Å². The van der Waals surface area contributed by atoms with E-state index in [4.69, 9.17) is 11.6 Å². The number of anilines is 1. The third-order valence-electron chi connectivity index (χ3n) is 4.55. The Morgan fingerprint density at radius 1 is 1.19 bits per heavy atom. The summed E-state index contributed by atoms with van der Waals surface area (Å²) in [5, 5.41) is 4.32. The molecule has 0 amide bonds. The first kappa shape index (κ1) is 16.6. The first-order valence-corrected chi connectivity index (χ1v) is 8.62. The molecule has 0 saturated carbocycles. The number of hydrogen-bond donors (Lipinski definition) is 1. The zero-order valence-corrected chi connectivity index (χ0v) is 14.6. The fourth-order valence-corrected chi connectivity index (χ4v) is 3.37. The van der Waals surface area contributed by atoms with Crippen molar-refractivity contribution in [2.75, 3.05) is 18.0 Å². The molecule has 0 bridgehead atoms. The molecule has 2 rings (SSSR count). The minimum atomic E-state index is 0.499. The molecule has 21 heavy (non-hydrogen) atoms. The van der Waals surface area contributed by atoms with E-state index in [9.17, 15) is 0 Å². The van der Waals surface area contributed by atoms with E-state index in [1.165, 1.54) is 24.1 Å². The average molecular weight is 309 g/mol. The molecule has 0 aliphatic carbocycles. The molecule has 0 unspecified atom stereocenters. The van der Waals surface area contributed by atoms with Gasteiger partial charge in [0.15, 0.2) is 0 Å². The lowest BCUT2D eigenvalue weighted by molar-refractivity contribution is 0.311. The number of hydrogen-bond acceptors (Lipinski definition) is 2. The summed E-state index contributed by atoms with van der Waals surface area (Å²) in [7, 11) is 0. The number of piperidine rings is 1. The lowest BCUT2D eigenvalue weighted by Gasteiger charge is -2.35. The van der Waals surface area contributed by atoms with Crippen molar-refractivity contribution < 1.29 is 0 Å². The molecule has 1 aromatic rings. The Morgan fingerprint density at radius 2 is 1.86 bits per heavy atom. The highest BCUT2D eigenvalue weighted by molar-refractivity contribution is 6.33. The largest absolute Gasteiger partial charge is 0.370 e. The number of benzene rings is 1. The van der Waals surface area contributed by atoms with Crippen LogP contribution in [0.5, 0.6) is 0 Å². The third kappa shape index (κ3) is 4.62. The van der Waals surface area contributed by atoms with Crippen LogP contribution in [0, 0.1) is 11.8 Å². The molecule has 1 fully saturated rings. The fourth-order valence-electron chi connectivity index (χ4n) is 3.05. The summed E-state index contributed by atoms with van der Waals surface area (Å²) in [5.74, 6) is 1.67. The van der Waals surface area contributed by atoms with E-state index in [-0.39, 0.29) is 0 Å². The topological polar surface area (TPSA) is 15.3 Å². The van der Waals surface area contributed by atoms with Crippen molar-refractivity contribution in [1.29, 1.82) is 0 Å². The highest BCUT2D eigenvalue weighted by Gasteiger charge is 2.22. The summed E-state index contributed by atoms with van der Waals surface area (Å²) < 4.78 is 0. The van der Waals surface area contributed by atoms with E-state index < -0.39 is 0 Å². The molecule has 0 aromatic heterocycles. The van der Waals surface area contributed by atoms with Crippen molar-refractivity contribution >= 4 is 17.3 Å². The van der Waals surface area contributed by atoms with E-state index in [2.05, 4.69) is 56.1 Å². The normalized spacial score (nSPS) is 17.0. The van der Waals surface area contributed by atoms with Gasteiger partial charge in [0.25, 0.3) is 0 Å². The van der Waals surface area contributed by atoms with Gasteiger partial charge in [-0.15, -0.1) is 0 Å². The molecule has 2 nitrogen and oxygen atoms in total. The maximum atomic E-state index is 6.51. The Labute approximate surface area is 134 Å². The van der Waals surface area contributed by atoms with Crippen molar-refractivity contribution in [3.63, 3.8) is 0 Å². The van der Waals surface area contributed by atoms with Crippen molar-refractivity contribution in [3.05, 3.63) is 28.8 Å². The minimum Gasteiger partial charge on any atom is -0.370 e. The third-order valence-corrected chi connectivity index (χ3v) is 4.85. The van der Waals surface area contributed by atoms with Gasteiger partial charge in [0.2, 0.25) is 0 Å². The Hall–Kier alpha value is -0.730. The number of nitrogens with zero attached hydrogens (tertiary/aromatic N) is 1. The van der Waals surface area contributed by atoms with Crippen LogP contribution in [-0.4, -0.2) is 19.1 Å². The molecule has 3 heteroatoms. The summed E-state index contributed by atoms with van der Waals surface area (Å²) in [5.41, 5.74) is 2.46. The van der Waals surface area contributed by atoms with Crippen LogP contribution in [0.15, 0.2) is 18.2 Å². The number of rotatable bonds is 5. The average Bonchev–Trinajstić information content (AvgIpc) is 2.45. The smallest absolute Gasteiger partial charge is 0.0642 e. The van der Waals surface area contributed by atoms with Gasteiger partial charge in [-0.1, -0.05) is 45.4 Å². The lowest BCUT2D eigenvalue weighted by atomic mass is 9.86. The second-order valence-electron chi connectivity index (χ2n) is 6.89. The monoisotopic (exact) mass is 308 g/mol. The molecule has 118 valence electrons. The standard InChI is InChI=1S/C18H29ClN2/c1-13(2)16-7-9-21(10-8-16)18-6-5-15(11-17(18)19)12-20-14(3)4/h5-6,11,13-14,16,20H,7-10,12H2,1-4H3. The predicted molar refractivity (Wildman–Crippen MR) is 93.2 cm³/mol. The quantitative estimate of drug-likeness (QED) is 0.847. The molecule has 1 aliphatic rings. The summed E-state index contributed by atoms with van der Waals surface area (Å²) >= 11 is 6.51. The lowest BCUT2D eigenvalue weighted by Crippen LogP contribution is -2.35. The summed E-state index contributed by atoms with van der Waals surface area (Å²) in [6.45, 7) is 12.1. The molecule has 1 aliphatic heterocycles. The summed E-state index contributed by atoms with van der Waals surface area (Å²) in [6.07, 6.45) is 2.56. The Balaban J connectivity index is 1.98. The Bertz CT molecular complexity index is 449. The van der Waals surface area contributed by atoms with Gasteiger partial charge in [-0.25, -0.2) is 0 Å². The molecule has 0 spiro atoms. The first-order chi connectivity index (χ1) is 9.97. The van der Waals surface area contributed by atoms with Crippen molar-refractivity contribution in [1.82, 2.24) is 5.32 Å². The van der Waals surface area contributed by atoms with Crippen LogP contribution >= 0.6 is 11.6 Å². The van der Waals surface area contributed by atoms with Gasteiger partial charge < -0.3 is 10.2 Å². The van der Waals surface area contributed by atoms with E-state index in [1.807, 2.05) is 0 Å². The van der Waals surface area contributed by atoms with Gasteiger partial charge in [-0.05, 0) is 42.4 Å². The molecule has 1 aromatic carbocycles. The first-order valence-electron chi connectivity index (χ1n) is 8.24. The van der Waals surface area contributed by atoms with Crippen LogP contribution in [0.3, 0.4) is 0 Å². The number of halogens is 1. The van der Waals surface area contributed by atoms with Gasteiger partial charge in [0.05, 0.1) is 10.7 Å². The maximum Gasteiger partial charge on any atom is 0.0642 e. The molecule has 1 heterocycles. The molecule has 1 N–H and O–H groups in total. The molecule has 0 radical (unpaired) electrons. The van der Waals surface area contributed by atoms with Crippen LogP contribution in [0.25, 0.3) is 0 Å². The maximum absolute atomic E-state index is 6.51. The highest BCUT2D eigenvalue weighted by atomic mass is 35.5. The Morgan fingerprint density at radius 3 is 2.38 bits per heavy atom. The molecular weight excluding hydrogens is 280 g/mol. The zero-order valence-electron chi connectivity index (χ0n) is 13.8. The van der Waals surface area contributed by atoms with Crippen LogP contribution in [0.2, 0.25) is 5.02 Å². The summed E-state index contributed by atoms with van der Waals surface area (Å²) in [6, 6.07) is 7.00. The second-order valence-corrected chi connectivity index (χ2v) is 7.30. The van der Waals surface area contributed by atoms with Crippen LogP contribution in [-0.2, 0) is 6.54 Å². The predicted octanol–water partition coefficient (Wildman–Crippen LogP) is 4.71. The molecule has 1 saturated heterocycles. The second kappa shape index (κ2) is 7.51. The van der Waals surface area contributed by atoms with E-state index in [1.54, 1.807) is 0 Å². The highest BCUT2D eigenvalue weighted by Crippen LogP contribution is 2.32. The number of nitrogens with one attached hydrogen (secondary N) is 1. The van der Waals surface area contributed by atoms with Gasteiger partial charge in [-0.3, -0.25) is 0 Å². The minimum absolute atomic E-state index is 0.499.